The van der Waals surface area contributed by atoms with Crippen molar-refractivity contribution in [3.05, 3.63) is 0 Å². The SMILES string of the molecule is CCOC(=O)C(C)CN1CCCC2CNCC21. The van der Waals surface area contributed by atoms with Gasteiger partial charge in [-0.05, 0) is 38.8 Å². The van der Waals surface area contributed by atoms with Crippen LogP contribution in [-0.2, 0) is 9.53 Å². The molecule has 0 aromatic carbocycles. The van der Waals surface area contributed by atoms with Crippen molar-refractivity contribution in [1.29, 1.82) is 0 Å². The normalized spacial score (nSPS) is 30.9. The van der Waals surface area contributed by atoms with Crippen molar-refractivity contribution < 1.29 is 9.53 Å². The predicted octanol–water partition coefficient (Wildman–Crippen LogP) is 0.869. The summed E-state index contributed by atoms with van der Waals surface area (Å²) in [7, 11) is 0. The zero-order valence-corrected chi connectivity index (χ0v) is 10.9. The summed E-state index contributed by atoms with van der Waals surface area (Å²) in [4.78, 5) is 14.1. The highest BCUT2D eigenvalue weighted by Crippen LogP contribution is 2.27. The van der Waals surface area contributed by atoms with Crippen LogP contribution in [0.5, 0.6) is 0 Å². The third-order valence-electron chi connectivity index (χ3n) is 3.99. The highest BCUT2D eigenvalue weighted by atomic mass is 16.5. The summed E-state index contributed by atoms with van der Waals surface area (Å²) in [6.45, 7) is 8.53. The lowest BCUT2D eigenvalue weighted by molar-refractivity contribution is -0.148. The molecule has 0 radical (unpaired) electrons. The van der Waals surface area contributed by atoms with E-state index in [0.717, 1.165) is 32.1 Å². The Kier molecular flexibility index (Phi) is 4.40. The molecule has 0 bridgehead atoms. The standard InChI is InChI=1S/C13H24N2O2/c1-3-17-13(16)10(2)9-15-6-4-5-11-7-14-8-12(11)15/h10-12,14H,3-9H2,1-2H3. The van der Waals surface area contributed by atoms with Crippen LogP contribution >= 0.6 is 0 Å². The van der Waals surface area contributed by atoms with Gasteiger partial charge in [-0.15, -0.1) is 0 Å². The molecule has 0 aromatic rings. The Balaban J connectivity index is 1.86. The van der Waals surface area contributed by atoms with E-state index in [-0.39, 0.29) is 11.9 Å². The van der Waals surface area contributed by atoms with Crippen LogP contribution in [0.2, 0.25) is 0 Å². The van der Waals surface area contributed by atoms with Gasteiger partial charge in [0.05, 0.1) is 12.5 Å². The molecule has 0 amide bonds. The third kappa shape index (κ3) is 2.99. The Bertz CT molecular complexity index is 270. The summed E-state index contributed by atoms with van der Waals surface area (Å²) in [5, 5.41) is 3.46. The minimum atomic E-state index is -0.0550. The van der Waals surface area contributed by atoms with E-state index >= 15 is 0 Å². The fourth-order valence-corrected chi connectivity index (χ4v) is 3.10. The lowest BCUT2D eigenvalue weighted by Gasteiger charge is -2.38. The number of rotatable bonds is 4. The smallest absolute Gasteiger partial charge is 0.309 e. The molecule has 2 aliphatic heterocycles. The van der Waals surface area contributed by atoms with E-state index in [1.165, 1.54) is 12.8 Å². The number of piperidine rings is 1. The first-order valence-electron chi connectivity index (χ1n) is 6.83. The predicted molar refractivity (Wildman–Crippen MR) is 66.8 cm³/mol. The number of fused-ring (bicyclic) bond motifs is 1. The molecule has 4 nitrogen and oxygen atoms in total. The van der Waals surface area contributed by atoms with Crippen molar-refractivity contribution in [3.63, 3.8) is 0 Å². The Morgan fingerprint density at radius 3 is 3.12 bits per heavy atom. The van der Waals surface area contributed by atoms with Crippen LogP contribution in [0.1, 0.15) is 26.7 Å². The van der Waals surface area contributed by atoms with Gasteiger partial charge in [0.2, 0.25) is 0 Å². The van der Waals surface area contributed by atoms with Crippen LogP contribution in [0.15, 0.2) is 0 Å². The summed E-state index contributed by atoms with van der Waals surface area (Å²) in [6, 6.07) is 0.639. The van der Waals surface area contributed by atoms with Gasteiger partial charge in [-0.3, -0.25) is 9.69 Å². The fraction of sp³-hybridized carbons (Fsp3) is 0.923. The zero-order chi connectivity index (χ0) is 12.3. The van der Waals surface area contributed by atoms with Crippen molar-refractivity contribution in [2.75, 3.05) is 32.8 Å². The van der Waals surface area contributed by atoms with Crippen LogP contribution < -0.4 is 5.32 Å². The van der Waals surface area contributed by atoms with Gasteiger partial charge in [-0.25, -0.2) is 0 Å². The first-order chi connectivity index (χ1) is 8.22. The van der Waals surface area contributed by atoms with Gasteiger partial charge in [0.1, 0.15) is 0 Å². The first kappa shape index (κ1) is 12.8. The minimum Gasteiger partial charge on any atom is -0.466 e. The molecule has 2 heterocycles. The van der Waals surface area contributed by atoms with Crippen molar-refractivity contribution in [1.82, 2.24) is 10.2 Å². The highest BCUT2D eigenvalue weighted by molar-refractivity contribution is 5.72. The summed E-state index contributed by atoms with van der Waals surface area (Å²) >= 11 is 0. The molecule has 0 saturated carbocycles. The lowest BCUT2D eigenvalue weighted by atomic mass is 9.91. The van der Waals surface area contributed by atoms with E-state index in [1.807, 2.05) is 13.8 Å². The maximum Gasteiger partial charge on any atom is 0.309 e. The second kappa shape index (κ2) is 5.83. The summed E-state index contributed by atoms with van der Waals surface area (Å²) in [5.74, 6) is 0.730. The van der Waals surface area contributed by atoms with Crippen molar-refractivity contribution >= 4 is 5.97 Å². The number of hydrogen-bond acceptors (Lipinski definition) is 4. The fourth-order valence-electron chi connectivity index (χ4n) is 3.10. The van der Waals surface area contributed by atoms with Gasteiger partial charge in [0, 0.05) is 19.1 Å². The third-order valence-corrected chi connectivity index (χ3v) is 3.99. The number of likely N-dealkylation sites (tertiary alicyclic amines) is 1. The largest absolute Gasteiger partial charge is 0.466 e. The van der Waals surface area contributed by atoms with Gasteiger partial charge in [-0.2, -0.15) is 0 Å². The number of carbonyl (C=O) groups excluding carboxylic acids is 1. The minimum absolute atomic E-state index is 0.00528. The second-order valence-corrected chi connectivity index (χ2v) is 5.28. The number of nitrogens with zero attached hydrogens (tertiary/aromatic N) is 1. The average Bonchev–Trinajstić information content (AvgIpc) is 2.78. The molecule has 3 unspecified atom stereocenters. The molecule has 17 heavy (non-hydrogen) atoms. The van der Waals surface area contributed by atoms with E-state index in [4.69, 9.17) is 4.74 Å². The summed E-state index contributed by atoms with van der Waals surface area (Å²) in [5.41, 5.74) is 0. The number of hydrogen-bond donors (Lipinski definition) is 1. The maximum absolute atomic E-state index is 11.6. The van der Waals surface area contributed by atoms with E-state index in [1.54, 1.807) is 0 Å². The molecule has 98 valence electrons. The molecular weight excluding hydrogens is 216 g/mol. The van der Waals surface area contributed by atoms with Gasteiger partial charge in [0.25, 0.3) is 0 Å². The second-order valence-electron chi connectivity index (χ2n) is 5.28. The monoisotopic (exact) mass is 240 g/mol. The number of ether oxygens (including phenoxy) is 1. The molecule has 3 atom stereocenters. The van der Waals surface area contributed by atoms with Crippen LogP contribution in [0, 0.1) is 11.8 Å². The summed E-state index contributed by atoms with van der Waals surface area (Å²) < 4.78 is 5.08. The molecule has 2 fully saturated rings. The van der Waals surface area contributed by atoms with Gasteiger partial charge >= 0.3 is 5.97 Å². The van der Waals surface area contributed by atoms with E-state index < -0.39 is 0 Å². The topological polar surface area (TPSA) is 41.6 Å². The lowest BCUT2D eigenvalue weighted by Crippen LogP contribution is -2.47. The maximum atomic E-state index is 11.6. The van der Waals surface area contributed by atoms with Crippen molar-refractivity contribution in [2.24, 2.45) is 11.8 Å². The van der Waals surface area contributed by atoms with Crippen LogP contribution in [0.3, 0.4) is 0 Å². The van der Waals surface area contributed by atoms with Crippen LogP contribution in [-0.4, -0.2) is 49.7 Å². The number of carbonyl (C=O) groups is 1. The van der Waals surface area contributed by atoms with E-state index in [0.29, 0.717) is 12.6 Å². The molecule has 0 aromatic heterocycles. The summed E-state index contributed by atoms with van der Waals surface area (Å²) in [6.07, 6.45) is 2.60. The Hall–Kier alpha value is -0.610. The molecule has 2 saturated heterocycles. The van der Waals surface area contributed by atoms with Crippen molar-refractivity contribution in [3.8, 4) is 0 Å². The van der Waals surface area contributed by atoms with Gasteiger partial charge in [-0.1, -0.05) is 6.92 Å². The van der Waals surface area contributed by atoms with Gasteiger partial charge < -0.3 is 10.1 Å². The van der Waals surface area contributed by atoms with E-state index in [2.05, 4.69) is 10.2 Å². The van der Waals surface area contributed by atoms with Crippen LogP contribution in [0.25, 0.3) is 0 Å². The Morgan fingerprint density at radius 1 is 1.53 bits per heavy atom. The quantitative estimate of drug-likeness (QED) is 0.740. The molecule has 0 spiro atoms. The van der Waals surface area contributed by atoms with E-state index in [9.17, 15) is 4.79 Å². The molecular formula is C13H24N2O2. The molecule has 4 heteroatoms. The molecule has 1 N–H and O–H groups in total. The zero-order valence-electron chi connectivity index (χ0n) is 10.9. The average molecular weight is 240 g/mol. The first-order valence-corrected chi connectivity index (χ1v) is 6.83. The molecule has 2 aliphatic rings. The Morgan fingerprint density at radius 2 is 2.35 bits per heavy atom. The molecule has 2 rings (SSSR count). The number of nitrogens with one attached hydrogen (secondary N) is 1. The molecule has 0 aliphatic carbocycles. The highest BCUT2D eigenvalue weighted by Gasteiger charge is 2.35. The van der Waals surface area contributed by atoms with Crippen molar-refractivity contribution in [2.45, 2.75) is 32.7 Å². The number of esters is 1. The van der Waals surface area contributed by atoms with Gasteiger partial charge in [0.15, 0.2) is 0 Å². The Labute approximate surface area is 104 Å². The van der Waals surface area contributed by atoms with Crippen LogP contribution in [0.4, 0.5) is 0 Å².